The summed E-state index contributed by atoms with van der Waals surface area (Å²) >= 11 is 0. The maximum Gasteiger partial charge on any atom is 0.238 e. The molecule has 1 saturated heterocycles. The molecule has 1 aromatic carbocycles. The summed E-state index contributed by atoms with van der Waals surface area (Å²) in [4.78, 5) is 32.0. The highest BCUT2D eigenvalue weighted by atomic mass is 127. The first-order valence-electron chi connectivity index (χ1n) is 10.3. The van der Waals surface area contributed by atoms with Gasteiger partial charge in [-0.3, -0.25) is 9.59 Å². The van der Waals surface area contributed by atoms with E-state index in [9.17, 15) is 9.59 Å². The largest absolute Gasteiger partial charge is 0.357 e. The predicted octanol–water partition coefficient (Wildman–Crippen LogP) is 1.87. The fourth-order valence-corrected chi connectivity index (χ4v) is 3.16. The zero-order valence-electron chi connectivity index (χ0n) is 18.2. The van der Waals surface area contributed by atoms with Gasteiger partial charge in [0.15, 0.2) is 5.96 Å². The van der Waals surface area contributed by atoms with E-state index in [4.69, 9.17) is 0 Å². The fraction of sp³-hybridized carbons (Fsp3) is 0.571. The summed E-state index contributed by atoms with van der Waals surface area (Å²) in [6.45, 7) is 6.10. The number of likely N-dealkylation sites (N-methyl/N-ethyl adjacent to an activating group) is 1. The third kappa shape index (κ3) is 9.75. The van der Waals surface area contributed by atoms with E-state index in [-0.39, 0.29) is 35.8 Å². The maximum atomic E-state index is 11.9. The Balaban J connectivity index is 0.00000450. The van der Waals surface area contributed by atoms with E-state index in [0.29, 0.717) is 19.5 Å². The van der Waals surface area contributed by atoms with Crippen molar-refractivity contribution in [3.63, 3.8) is 0 Å². The zero-order valence-corrected chi connectivity index (χ0v) is 20.6. The van der Waals surface area contributed by atoms with Crippen LogP contribution >= 0.6 is 24.0 Å². The lowest BCUT2D eigenvalue weighted by molar-refractivity contribution is -0.127. The highest BCUT2D eigenvalue weighted by Crippen LogP contribution is 2.12. The summed E-state index contributed by atoms with van der Waals surface area (Å²) in [6.07, 6.45) is 2.56. The Morgan fingerprint density at radius 2 is 2.07 bits per heavy atom. The normalized spacial score (nSPS) is 13.9. The molecule has 1 aliphatic rings. The fourth-order valence-electron chi connectivity index (χ4n) is 3.16. The molecule has 3 N–H and O–H groups in total. The molecular formula is C21H35IN6O2. The highest BCUT2D eigenvalue weighted by molar-refractivity contribution is 14.0. The maximum absolute atomic E-state index is 11.9. The molecule has 0 bridgehead atoms. The number of nitrogens with one attached hydrogen (secondary N) is 3. The van der Waals surface area contributed by atoms with E-state index in [1.807, 2.05) is 55.1 Å². The van der Waals surface area contributed by atoms with Crippen LogP contribution in [-0.2, 0) is 16.1 Å². The van der Waals surface area contributed by atoms with Crippen LogP contribution in [0.2, 0.25) is 0 Å². The molecule has 0 atom stereocenters. The summed E-state index contributed by atoms with van der Waals surface area (Å²) in [5.74, 6) is 0.979. The van der Waals surface area contributed by atoms with E-state index in [0.717, 1.165) is 56.2 Å². The number of rotatable bonds is 10. The van der Waals surface area contributed by atoms with Crippen LogP contribution in [0.4, 0.5) is 5.69 Å². The first kappa shape index (κ1) is 26.2. The second-order valence-electron chi connectivity index (χ2n) is 7.45. The molecule has 8 nitrogen and oxygen atoms in total. The van der Waals surface area contributed by atoms with Crippen LogP contribution in [-0.4, -0.2) is 74.4 Å². The summed E-state index contributed by atoms with van der Waals surface area (Å²) in [7, 11) is 3.73. The summed E-state index contributed by atoms with van der Waals surface area (Å²) in [5, 5.41) is 9.47. The molecule has 0 saturated carbocycles. The van der Waals surface area contributed by atoms with Crippen LogP contribution in [0.25, 0.3) is 0 Å². The average Bonchev–Trinajstić information content (AvgIpc) is 3.07. The van der Waals surface area contributed by atoms with Gasteiger partial charge in [-0.2, -0.15) is 0 Å². The minimum atomic E-state index is -0.0397. The summed E-state index contributed by atoms with van der Waals surface area (Å²) < 4.78 is 0. The Morgan fingerprint density at radius 1 is 1.27 bits per heavy atom. The number of anilines is 1. The minimum absolute atomic E-state index is 0. The molecule has 1 heterocycles. The number of carbonyl (C=O) groups is 2. The lowest BCUT2D eigenvalue weighted by Gasteiger charge is -2.16. The van der Waals surface area contributed by atoms with E-state index in [1.54, 1.807) is 0 Å². The SMILES string of the molecule is CCNC(=NCc1cccc(NC(=O)CN(C)C)c1)NCCCN1CCCC1=O.I. The van der Waals surface area contributed by atoms with Crippen LogP contribution in [0.3, 0.4) is 0 Å². The molecule has 30 heavy (non-hydrogen) atoms. The molecule has 0 aliphatic carbocycles. The first-order valence-corrected chi connectivity index (χ1v) is 10.3. The number of guanidine groups is 1. The van der Waals surface area contributed by atoms with Crippen molar-refractivity contribution in [3.05, 3.63) is 29.8 Å². The number of aliphatic imine (C=N–C) groups is 1. The molecule has 2 amide bonds. The molecule has 1 aliphatic heterocycles. The van der Waals surface area contributed by atoms with Gasteiger partial charge in [-0.15, -0.1) is 24.0 Å². The highest BCUT2D eigenvalue weighted by Gasteiger charge is 2.18. The van der Waals surface area contributed by atoms with Crippen LogP contribution in [0, 0.1) is 0 Å². The van der Waals surface area contributed by atoms with E-state index >= 15 is 0 Å². The van der Waals surface area contributed by atoms with Gasteiger partial charge in [0.05, 0.1) is 13.1 Å². The lowest BCUT2D eigenvalue weighted by atomic mass is 10.2. The third-order valence-electron chi connectivity index (χ3n) is 4.50. The van der Waals surface area contributed by atoms with Crippen molar-refractivity contribution in [3.8, 4) is 0 Å². The number of benzene rings is 1. The van der Waals surface area contributed by atoms with Crippen molar-refractivity contribution in [2.75, 3.05) is 52.1 Å². The standard InChI is InChI=1S/C21H34N6O2.HI/c1-4-22-21(23-11-7-13-27-12-6-10-20(27)29)24-15-17-8-5-9-18(14-17)25-19(28)16-26(2)3;/h5,8-9,14H,4,6-7,10-13,15-16H2,1-3H3,(H,25,28)(H2,22,23,24);1H. The van der Waals surface area contributed by atoms with Crippen molar-refractivity contribution < 1.29 is 9.59 Å². The van der Waals surface area contributed by atoms with Gasteiger partial charge in [0.25, 0.3) is 0 Å². The molecule has 2 rings (SSSR count). The monoisotopic (exact) mass is 530 g/mol. The Hall–Kier alpha value is -1.88. The number of nitrogens with zero attached hydrogens (tertiary/aromatic N) is 3. The average molecular weight is 530 g/mol. The number of amides is 2. The quantitative estimate of drug-likeness (QED) is 0.186. The van der Waals surface area contributed by atoms with Crippen molar-refractivity contribution in [2.45, 2.75) is 32.7 Å². The van der Waals surface area contributed by atoms with Crippen LogP contribution in [0.15, 0.2) is 29.3 Å². The molecule has 0 aromatic heterocycles. The minimum Gasteiger partial charge on any atom is -0.357 e. The molecule has 168 valence electrons. The second-order valence-corrected chi connectivity index (χ2v) is 7.45. The Labute approximate surface area is 196 Å². The van der Waals surface area contributed by atoms with Gasteiger partial charge in [-0.25, -0.2) is 4.99 Å². The van der Waals surface area contributed by atoms with Gasteiger partial charge < -0.3 is 25.8 Å². The molecule has 9 heteroatoms. The predicted molar refractivity (Wildman–Crippen MR) is 132 cm³/mol. The number of likely N-dealkylation sites (tertiary alicyclic amines) is 1. The molecule has 0 radical (unpaired) electrons. The Morgan fingerprint density at radius 3 is 2.73 bits per heavy atom. The third-order valence-corrected chi connectivity index (χ3v) is 4.50. The zero-order chi connectivity index (χ0) is 21.1. The summed E-state index contributed by atoms with van der Waals surface area (Å²) in [6, 6.07) is 7.74. The number of hydrogen-bond donors (Lipinski definition) is 3. The Bertz CT molecular complexity index is 710. The van der Waals surface area contributed by atoms with Crippen LogP contribution in [0.5, 0.6) is 0 Å². The molecular weight excluding hydrogens is 495 g/mol. The lowest BCUT2D eigenvalue weighted by Crippen LogP contribution is -2.39. The number of halogens is 1. The van der Waals surface area contributed by atoms with Gasteiger partial charge in [0.1, 0.15) is 0 Å². The molecule has 0 spiro atoms. The van der Waals surface area contributed by atoms with Gasteiger partial charge >= 0.3 is 0 Å². The van der Waals surface area contributed by atoms with Gasteiger partial charge in [0.2, 0.25) is 11.8 Å². The smallest absolute Gasteiger partial charge is 0.238 e. The van der Waals surface area contributed by atoms with Crippen LogP contribution < -0.4 is 16.0 Å². The molecule has 1 aromatic rings. The summed E-state index contributed by atoms with van der Waals surface area (Å²) in [5.41, 5.74) is 1.80. The molecule has 0 unspecified atom stereocenters. The van der Waals surface area contributed by atoms with Crippen molar-refractivity contribution in [2.24, 2.45) is 4.99 Å². The van der Waals surface area contributed by atoms with E-state index in [2.05, 4.69) is 20.9 Å². The topological polar surface area (TPSA) is 89.1 Å². The van der Waals surface area contributed by atoms with Crippen molar-refractivity contribution in [1.82, 2.24) is 20.4 Å². The van der Waals surface area contributed by atoms with Crippen molar-refractivity contribution in [1.29, 1.82) is 0 Å². The van der Waals surface area contributed by atoms with E-state index in [1.165, 1.54) is 0 Å². The van der Waals surface area contributed by atoms with Gasteiger partial charge in [0, 0.05) is 38.3 Å². The van der Waals surface area contributed by atoms with Gasteiger partial charge in [-0.1, -0.05) is 12.1 Å². The van der Waals surface area contributed by atoms with Crippen LogP contribution in [0.1, 0.15) is 31.7 Å². The van der Waals surface area contributed by atoms with Gasteiger partial charge in [-0.05, 0) is 51.6 Å². The molecule has 1 fully saturated rings. The van der Waals surface area contributed by atoms with E-state index < -0.39 is 0 Å². The first-order chi connectivity index (χ1) is 14.0. The Kier molecular flexibility index (Phi) is 12.4. The van der Waals surface area contributed by atoms with Crippen molar-refractivity contribution >= 4 is 47.4 Å². The number of carbonyl (C=O) groups excluding carboxylic acids is 2. The second kappa shape index (κ2) is 14.2. The number of hydrogen-bond acceptors (Lipinski definition) is 4.